The SMILES string of the molecule is CCCCNCCOc1ccc2c(c1)OCCO2. The van der Waals surface area contributed by atoms with Crippen molar-refractivity contribution in [1.82, 2.24) is 5.32 Å². The molecule has 1 heterocycles. The Kier molecular flexibility index (Phi) is 5.15. The average Bonchev–Trinajstić information content (AvgIpc) is 2.42. The molecule has 0 amide bonds. The molecule has 1 aromatic carbocycles. The molecule has 4 heteroatoms. The second kappa shape index (κ2) is 7.11. The topological polar surface area (TPSA) is 39.7 Å². The molecule has 0 saturated heterocycles. The Morgan fingerprint density at radius 1 is 1.17 bits per heavy atom. The first-order valence-electron chi connectivity index (χ1n) is 6.63. The van der Waals surface area contributed by atoms with Crippen molar-refractivity contribution >= 4 is 0 Å². The number of fused-ring (bicyclic) bond motifs is 1. The number of ether oxygens (including phenoxy) is 3. The molecule has 100 valence electrons. The van der Waals surface area contributed by atoms with E-state index in [0.717, 1.165) is 30.3 Å². The largest absolute Gasteiger partial charge is 0.492 e. The minimum Gasteiger partial charge on any atom is -0.492 e. The molecule has 1 aliphatic rings. The van der Waals surface area contributed by atoms with Crippen LogP contribution in [0.2, 0.25) is 0 Å². The van der Waals surface area contributed by atoms with E-state index in [2.05, 4.69) is 12.2 Å². The van der Waals surface area contributed by atoms with E-state index in [1.807, 2.05) is 18.2 Å². The summed E-state index contributed by atoms with van der Waals surface area (Å²) in [5.41, 5.74) is 0. The summed E-state index contributed by atoms with van der Waals surface area (Å²) in [6.07, 6.45) is 2.43. The number of rotatable bonds is 7. The van der Waals surface area contributed by atoms with E-state index in [0.29, 0.717) is 19.8 Å². The molecule has 0 atom stereocenters. The number of unbranched alkanes of at least 4 members (excludes halogenated alkanes) is 1. The molecule has 0 spiro atoms. The summed E-state index contributed by atoms with van der Waals surface area (Å²) in [7, 11) is 0. The average molecular weight is 251 g/mol. The van der Waals surface area contributed by atoms with Gasteiger partial charge in [-0.3, -0.25) is 0 Å². The van der Waals surface area contributed by atoms with Crippen LogP contribution >= 0.6 is 0 Å². The Morgan fingerprint density at radius 3 is 2.83 bits per heavy atom. The van der Waals surface area contributed by atoms with Gasteiger partial charge in [0, 0.05) is 12.6 Å². The number of benzene rings is 1. The zero-order valence-electron chi connectivity index (χ0n) is 10.9. The maximum absolute atomic E-state index is 5.65. The second-order valence-electron chi connectivity index (χ2n) is 4.26. The highest BCUT2D eigenvalue weighted by Crippen LogP contribution is 2.33. The van der Waals surface area contributed by atoms with Crippen LogP contribution in [-0.4, -0.2) is 32.9 Å². The Hall–Kier alpha value is -1.42. The van der Waals surface area contributed by atoms with Crippen LogP contribution < -0.4 is 19.5 Å². The minimum absolute atomic E-state index is 0.606. The summed E-state index contributed by atoms with van der Waals surface area (Å²) in [4.78, 5) is 0. The lowest BCUT2D eigenvalue weighted by atomic mass is 10.3. The first kappa shape index (κ1) is 13.0. The van der Waals surface area contributed by atoms with Crippen LogP contribution in [0.15, 0.2) is 18.2 Å². The van der Waals surface area contributed by atoms with Crippen LogP contribution in [0.4, 0.5) is 0 Å². The van der Waals surface area contributed by atoms with Crippen molar-refractivity contribution in [3.05, 3.63) is 18.2 Å². The quantitative estimate of drug-likeness (QED) is 0.754. The molecular weight excluding hydrogens is 230 g/mol. The van der Waals surface area contributed by atoms with Gasteiger partial charge in [0.2, 0.25) is 0 Å². The van der Waals surface area contributed by atoms with Crippen molar-refractivity contribution in [2.45, 2.75) is 19.8 Å². The minimum atomic E-state index is 0.606. The molecule has 0 fully saturated rings. The molecule has 2 rings (SSSR count). The third-order valence-corrected chi connectivity index (χ3v) is 2.77. The maximum atomic E-state index is 5.65. The molecule has 0 aliphatic carbocycles. The Labute approximate surface area is 108 Å². The van der Waals surface area contributed by atoms with Gasteiger partial charge >= 0.3 is 0 Å². The molecule has 1 N–H and O–H groups in total. The summed E-state index contributed by atoms with van der Waals surface area (Å²) in [6, 6.07) is 5.70. The van der Waals surface area contributed by atoms with Crippen molar-refractivity contribution in [2.75, 3.05) is 32.9 Å². The molecule has 0 bridgehead atoms. The monoisotopic (exact) mass is 251 g/mol. The van der Waals surface area contributed by atoms with Gasteiger partial charge in [0.15, 0.2) is 11.5 Å². The van der Waals surface area contributed by atoms with Crippen LogP contribution in [0.3, 0.4) is 0 Å². The van der Waals surface area contributed by atoms with Crippen molar-refractivity contribution in [3.8, 4) is 17.2 Å². The lowest BCUT2D eigenvalue weighted by Crippen LogP contribution is -2.22. The summed E-state index contributed by atoms with van der Waals surface area (Å²) in [6.45, 7) is 6.01. The predicted octanol–water partition coefficient (Wildman–Crippen LogP) is 2.23. The van der Waals surface area contributed by atoms with Gasteiger partial charge in [0.1, 0.15) is 25.6 Å². The van der Waals surface area contributed by atoms with Gasteiger partial charge in [0.05, 0.1) is 0 Å². The maximum Gasteiger partial charge on any atom is 0.165 e. The number of hydrogen-bond donors (Lipinski definition) is 1. The number of nitrogens with one attached hydrogen (secondary N) is 1. The lowest BCUT2D eigenvalue weighted by Gasteiger charge is -2.18. The smallest absolute Gasteiger partial charge is 0.165 e. The molecule has 18 heavy (non-hydrogen) atoms. The van der Waals surface area contributed by atoms with Crippen LogP contribution in [0.1, 0.15) is 19.8 Å². The van der Waals surface area contributed by atoms with Gasteiger partial charge < -0.3 is 19.5 Å². The Morgan fingerprint density at radius 2 is 2.00 bits per heavy atom. The Bertz CT molecular complexity index is 368. The van der Waals surface area contributed by atoms with Gasteiger partial charge in [-0.1, -0.05) is 13.3 Å². The fraction of sp³-hybridized carbons (Fsp3) is 0.571. The molecule has 0 aromatic heterocycles. The highest BCUT2D eigenvalue weighted by atomic mass is 16.6. The lowest BCUT2D eigenvalue weighted by molar-refractivity contribution is 0.170. The van der Waals surface area contributed by atoms with Gasteiger partial charge in [-0.05, 0) is 25.1 Å². The summed E-state index contributed by atoms with van der Waals surface area (Å²) in [5.74, 6) is 2.41. The summed E-state index contributed by atoms with van der Waals surface area (Å²) in [5, 5.41) is 3.34. The molecule has 0 radical (unpaired) electrons. The van der Waals surface area contributed by atoms with Gasteiger partial charge in [-0.2, -0.15) is 0 Å². The van der Waals surface area contributed by atoms with Crippen molar-refractivity contribution in [1.29, 1.82) is 0 Å². The first-order chi connectivity index (χ1) is 8.90. The predicted molar refractivity (Wildman–Crippen MR) is 70.7 cm³/mol. The highest BCUT2D eigenvalue weighted by Gasteiger charge is 2.11. The van der Waals surface area contributed by atoms with E-state index in [4.69, 9.17) is 14.2 Å². The standard InChI is InChI=1S/C14H21NO3/c1-2-3-6-15-7-8-16-12-4-5-13-14(11-12)18-10-9-17-13/h4-5,11,15H,2-3,6-10H2,1H3. The van der Waals surface area contributed by atoms with E-state index >= 15 is 0 Å². The normalized spacial score (nSPS) is 13.4. The summed E-state index contributed by atoms with van der Waals surface area (Å²) < 4.78 is 16.6. The zero-order valence-corrected chi connectivity index (χ0v) is 10.9. The molecule has 0 unspecified atom stereocenters. The van der Waals surface area contributed by atoms with Gasteiger partial charge in [-0.25, -0.2) is 0 Å². The van der Waals surface area contributed by atoms with Gasteiger partial charge in [-0.15, -0.1) is 0 Å². The van der Waals surface area contributed by atoms with E-state index < -0.39 is 0 Å². The van der Waals surface area contributed by atoms with E-state index in [1.165, 1.54) is 12.8 Å². The van der Waals surface area contributed by atoms with Crippen molar-refractivity contribution in [3.63, 3.8) is 0 Å². The van der Waals surface area contributed by atoms with E-state index in [1.54, 1.807) is 0 Å². The van der Waals surface area contributed by atoms with Crippen LogP contribution in [0, 0.1) is 0 Å². The first-order valence-corrected chi connectivity index (χ1v) is 6.63. The van der Waals surface area contributed by atoms with Crippen LogP contribution in [-0.2, 0) is 0 Å². The van der Waals surface area contributed by atoms with Crippen molar-refractivity contribution in [2.24, 2.45) is 0 Å². The zero-order chi connectivity index (χ0) is 12.6. The number of hydrogen-bond acceptors (Lipinski definition) is 4. The molecule has 4 nitrogen and oxygen atoms in total. The van der Waals surface area contributed by atoms with E-state index in [-0.39, 0.29) is 0 Å². The second-order valence-corrected chi connectivity index (χ2v) is 4.26. The molecule has 1 aliphatic heterocycles. The molecule has 0 saturated carbocycles. The molecular formula is C14H21NO3. The fourth-order valence-corrected chi connectivity index (χ4v) is 1.78. The van der Waals surface area contributed by atoms with Crippen molar-refractivity contribution < 1.29 is 14.2 Å². The third-order valence-electron chi connectivity index (χ3n) is 2.77. The van der Waals surface area contributed by atoms with E-state index in [9.17, 15) is 0 Å². The van der Waals surface area contributed by atoms with Gasteiger partial charge in [0.25, 0.3) is 0 Å². The van der Waals surface area contributed by atoms with Crippen LogP contribution in [0.5, 0.6) is 17.2 Å². The van der Waals surface area contributed by atoms with Crippen LogP contribution in [0.25, 0.3) is 0 Å². The summed E-state index contributed by atoms with van der Waals surface area (Å²) >= 11 is 0. The Balaban J connectivity index is 1.72. The third kappa shape index (κ3) is 3.81. The molecule has 1 aromatic rings. The fourth-order valence-electron chi connectivity index (χ4n) is 1.78. The highest BCUT2D eigenvalue weighted by molar-refractivity contribution is 5.46.